The van der Waals surface area contributed by atoms with E-state index in [9.17, 15) is 32.7 Å². The number of hydrogen-bond donors (Lipinski definition) is 1. The number of carboxylic acid groups (broad SMARTS) is 1. The topological polar surface area (TPSA) is 102 Å². The third kappa shape index (κ3) is 6.83. The van der Waals surface area contributed by atoms with Gasteiger partial charge in [-0.3, -0.25) is 19.1 Å². The summed E-state index contributed by atoms with van der Waals surface area (Å²) in [6, 6.07) is 2.08. The Bertz CT molecular complexity index is 1300. The summed E-state index contributed by atoms with van der Waals surface area (Å²) in [5.74, 6) is -2.88. The minimum atomic E-state index is -4.91. The lowest BCUT2D eigenvalue weighted by molar-refractivity contribution is -0.147. The van der Waals surface area contributed by atoms with Gasteiger partial charge >= 0.3 is 12.1 Å². The minimum absolute atomic E-state index is 0.000704. The molecule has 1 amide bonds. The van der Waals surface area contributed by atoms with Crippen LogP contribution in [0, 0.1) is 17.3 Å². The first kappa shape index (κ1) is 31.2. The molecule has 2 aliphatic carbocycles. The molecule has 0 saturated heterocycles. The number of rotatable bonds is 9. The van der Waals surface area contributed by atoms with Gasteiger partial charge in [-0.25, -0.2) is 0 Å². The average Bonchev–Trinajstić information content (AvgIpc) is 3.32. The van der Waals surface area contributed by atoms with Crippen molar-refractivity contribution < 1.29 is 37.4 Å². The van der Waals surface area contributed by atoms with Crippen molar-refractivity contribution in [1.29, 1.82) is 0 Å². The molecule has 4 rings (SSSR count). The van der Waals surface area contributed by atoms with Crippen LogP contribution in [0.4, 0.5) is 13.2 Å². The van der Waals surface area contributed by atoms with Gasteiger partial charge in [0.2, 0.25) is 0 Å². The third-order valence-electron chi connectivity index (χ3n) is 8.00. The fraction of sp³-hybridized carbons (Fsp3) is 0.571. The zero-order chi connectivity index (χ0) is 30.3. The molecule has 0 aliphatic heterocycles. The van der Waals surface area contributed by atoms with Crippen molar-refractivity contribution in [1.82, 2.24) is 14.7 Å². The van der Waals surface area contributed by atoms with E-state index in [0.717, 1.165) is 28.6 Å². The van der Waals surface area contributed by atoms with Gasteiger partial charge in [0.05, 0.1) is 53.0 Å². The van der Waals surface area contributed by atoms with Crippen LogP contribution in [0.25, 0.3) is 0 Å². The Morgan fingerprint density at radius 1 is 1.12 bits per heavy atom. The first-order chi connectivity index (χ1) is 19.1. The van der Waals surface area contributed by atoms with Crippen molar-refractivity contribution in [2.75, 3.05) is 20.2 Å². The second kappa shape index (κ2) is 11.8. The summed E-state index contributed by atoms with van der Waals surface area (Å²) in [7, 11) is 1.40. The Morgan fingerprint density at radius 2 is 1.71 bits per heavy atom. The highest BCUT2D eigenvalue weighted by Gasteiger charge is 2.44. The van der Waals surface area contributed by atoms with Gasteiger partial charge in [-0.05, 0) is 62.0 Å². The SMILES string of the molecule is COc1cc(Cl)c(C(=O)CN(CC2CC(C)(C)C2)C(=O)c2cnn(C3CCC(C(=O)O)CC3)c2C(F)(F)F)c(Cl)c1. The Morgan fingerprint density at radius 3 is 2.20 bits per heavy atom. The maximum atomic E-state index is 14.4. The lowest BCUT2D eigenvalue weighted by Gasteiger charge is -2.44. The Hall–Kier alpha value is -2.79. The number of carbonyl (C=O) groups excluding carboxylic acids is 2. The molecule has 13 heteroatoms. The Labute approximate surface area is 245 Å². The molecule has 0 atom stereocenters. The number of alkyl halides is 3. The van der Waals surface area contributed by atoms with E-state index in [2.05, 4.69) is 18.9 Å². The summed E-state index contributed by atoms with van der Waals surface area (Å²) >= 11 is 12.6. The van der Waals surface area contributed by atoms with E-state index in [-0.39, 0.29) is 59.2 Å². The van der Waals surface area contributed by atoms with Crippen LogP contribution in [0.15, 0.2) is 18.3 Å². The van der Waals surface area contributed by atoms with E-state index in [4.69, 9.17) is 27.9 Å². The number of aliphatic carboxylic acids is 1. The van der Waals surface area contributed by atoms with Crippen LogP contribution in [0.3, 0.4) is 0 Å². The number of halogens is 5. The molecule has 0 bridgehead atoms. The molecular formula is C28H32Cl2F3N3O5. The lowest BCUT2D eigenvalue weighted by atomic mass is 9.64. The summed E-state index contributed by atoms with van der Waals surface area (Å²) in [6.45, 7) is 3.66. The normalized spacial score (nSPS) is 20.8. The monoisotopic (exact) mass is 617 g/mol. The number of carbonyl (C=O) groups is 3. The largest absolute Gasteiger partial charge is 0.497 e. The molecule has 41 heavy (non-hydrogen) atoms. The van der Waals surface area contributed by atoms with Crippen LogP contribution in [0.1, 0.15) is 84.8 Å². The maximum absolute atomic E-state index is 14.4. The molecule has 2 saturated carbocycles. The molecule has 2 fully saturated rings. The van der Waals surface area contributed by atoms with E-state index in [1.165, 1.54) is 19.2 Å². The van der Waals surface area contributed by atoms with Crippen molar-refractivity contribution in [3.05, 3.63) is 45.2 Å². The van der Waals surface area contributed by atoms with Crippen LogP contribution in [-0.4, -0.2) is 57.6 Å². The van der Waals surface area contributed by atoms with Gasteiger partial charge in [-0.2, -0.15) is 18.3 Å². The summed E-state index contributed by atoms with van der Waals surface area (Å²) in [5, 5.41) is 13.2. The summed E-state index contributed by atoms with van der Waals surface area (Å²) < 4.78 is 49.2. The molecule has 224 valence electrons. The first-order valence-electron chi connectivity index (χ1n) is 13.3. The predicted molar refractivity (Wildman–Crippen MR) is 146 cm³/mol. The second-order valence-corrected chi connectivity index (χ2v) is 12.5. The quantitative estimate of drug-likeness (QED) is 0.311. The summed E-state index contributed by atoms with van der Waals surface area (Å²) in [5.41, 5.74) is -1.88. The van der Waals surface area contributed by atoms with Crippen LogP contribution in [-0.2, 0) is 11.0 Å². The van der Waals surface area contributed by atoms with Crippen molar-refractivity contribution in [3.63, 3.8) is 0 Å². The number of benzene rings is 1. The van der Waals surface area contributed by atoms with Crippen LogP contribution >= 0.6 is 23.2 Å². The molecule has 2 aromatic rings. The number of methoxy groups -OCH3 is 1. The van der Waals surface area contributed by atoms with E-state index in [1.54, 1.807) is 0 Å². The van der Waals surface area contributed by atoms with E-state index in [0.29, 0.717) is 5.75 Å². The second-order valence-electron chi connectivity index (χ2n) is 11.7. The highest BCUT2D eigenvalue weighted by Crippen LogP contribution is 2.45. The number of amides is 1. The van der Waals surface area contributed by atoms with Crippen molar-refractivity contribution in [2.45, 2.75) is 64.6 Å². The zero-order valence-electron chi connectivity index (χ0n) is 22.9. The van der Waals surface area contributed by atoms with Gasteiger partial charge in [0.25, 0.3) is 5.91 Å². The predicted octanol–water partition coefficient (Wildman–Crippen LogP) is 6.79. The number of hydrogen-bond acceptors (Lipinski definition) is 5. The third-order valence-corrected chi connectivity index (χ3v) is 8.60. The highest BCUT2D eigenvalue weighted by atomic mass is 35.5. The average molecular weight is 618 g/mol. The number of aromatic nitrogens is 2. The highest BCUT2D eigenvalue weighted by molar-refractivity contribution is 6.40. The number of carboxylic acids is 1. The number of nitrogens with zero attached hydrogens (tertiary/aromatic N) is 3. The molecule has 1 heterocycles. The van der Waals surface area contributed by atoms with Crippen molar-refractivity contribution >= 4 is 40.9 Å². The smallest absolute Gasteiger partial charge is 0.433 e. The lowest BCUT2D eigenvalue weighted by Crippen LogP contribution is -2.45. The van der Waals surface area contributed by atoms with E-state index < -0.39 is 53.6 Å². The fourth-order valence-electron chi connectivity index (χ4n) is 6.17. The molecule has 2 aliphatic rings. The van der Waals surface area contributed by atoms with Crippen molar-refractivity contribution in [3.8, 4) is 5.75 Å². The van der Waals surface area contributed by atoms with E-state index in [1.807, 2.05) is 0 Å². The fourth-order valence-corrected chi connectivity index (χ4v) is 6.84. The van der Waals surface area contributed by atoms with Crippen molar-refractivity contribution in [2.24, 2.45) is 17.3 Å². The van der Waals surface area contributed by atoms with Crippen LogP contribution in [0.5, 0.6) is 5.75 Å². The molecule has 0 unspecified atom stereocenters. The number of Topliss-reactive ketones (excluding diaryl/α,β-unsaturated/α-hetero) is 1. The molecule has 0 radical (unpaired) electrons. The molecule has 0 spiro atoms. The molecule has 1 aromatic carbocycles. The molecule has 1 N–H and O–H groups in total. The molecule has 1 aromatic heterocycles. The summed E-state index contributed by atoms with van der Waals surface area (Å²) in [4.78, 5) is 39.6. The Balaban J connectivity index is 1.65. The van der Waals surface area contributed by atoms with Crippen LogP contribution < -0.4 is 4.74 Å². The van der Waals surface area contributed by atoms with Gasteiger partial charge in [0.1, 0.15) is 5.75 Å². The van der Waals surface area contributed by atoms with Gasteiger partial charge in [0, 0.05) is 6.54 Å². The number of ketones is 1. The minimum Gasteiger partial charge on any atom is -0.497 e. The molecular weight excluding hydrogens is 586 g/mol. The zero-order valence-corrected chi connectivity index (χ0v) is 24.4. The standard InChI is InChI=1S/C28H32Cl2F3N3O5/c1-27(2)10-15(11-27)13-35(14-22(37)23-20(29)8-18(41-3)9-21(23)30)25(38)19-12-34-36(24(19)28(31,32)33)17-6-4-16(5-7-17)26(39)40/h8-9,12,15-17H,4-7,10-11,13-14H2,1-3H3,(H,39,40). The molecule has 8 nitrogen and oxygen atoms in total. The van der Waals surface area contributed by atoms with Gasteiger partial charge in [-0.1, -0.05) is 37.0 Å². The Kier molecular flexibility index (Phi) is 8.99. The van der Waals surface area contributed by atoms with Gasteiger partial charge < -0.3 is 14.7 Å². The van der Waals surface area contributed by atoms with Gasteiger partial charge in [0.15, 0.2) is 11.5 Å². The van der Waals surface area contributed by atoms with Gasteiger partial charge in [-0.15, -0.1) is 0 Å². The van der Waals surface area contributed by atoms with E-state index >= 15 is 0 Å². The maximum Gasteiger partial charge on any atom is 0.433 e. The van der Waals surface area contributed by atoms with Crippen LogP contribution in [0.2, 0.25) is 10.0 Å². The summed E-state index contributed by atoms with van der Waals surface area (Å²) in [6.07, 6.45) is -1.75. The number of ether oxygens (including phenoxy) is 1. The first-order valence-corrected chi connectivity index (χ1v) is 14.1.